The highest BCUT2D eigenvalue weighted by Crippen LogP contribution is 2.48. The minimum Gasteiger partial charge on any atom is -0.494 e. The van der Waals surface area contributed by atoms with Gasteiger partial charge in [0.05, 0.1) is 24.3 Å². The van der Waals surface area contributed by atoms with Gasteiger partial charge in [0.25, 0.3) is 5.91 Å². The Labute approximate surface area is 278 Å². The molecule has 1 aliphatic carbocycles. The fourth-order valence-corrected chi connectivity index (χ4v) is 6.91. The van der Waals surface area contributed by atoms with Gasteiger partial charge in [-0.25, -0.2) is 4.79 Å². The maximum Gasteiger partial charge on any atom is 0.338 e. The highest BCUT2D eigenvalue weighted by molar-refractivity contribution is 6.46. The Morgan fingerprint density at radius 2 is 1.65 bits per heavy atom. The van der Waals surface area contributed by atoms with Crippen molar-refractivity contribution in [3.8, 4) is 5.75 Å². The average Bonchev–Trinajstić information content (AvgIpc) is 3.26. The molecular weight excluding hydrogens is 572 g/mol. The van der Waals surface area contributed by atoms with E-state index in [-0.39, 0.29) is 29.4 Å². The van der Waals surface area contributed by atoms with E-state index >= 15 is 0 Å². The van der Waals surface area contributed by atoms with E-state index in [9.17, 15) is 9.59 Å². The zero-order chi connectivity index (χ0) is 33.6. The van der Waals surface area contributed by atoms with E-state index in [0.717, 1.165) is 68.2 Å². The lowest BCUT2D eigenvalue weighted by molar-refractivity contribution is -0.133. The number of carbonyl (C=O) groups excluding carboxylic acids is 2. The van der Waals surface area contributed by atoms with Crippen LogP contribution in [0.5, 0.6) is 5.75 Å². The number of rotatable bonds is 13. The predicted octanol–water partition coefficient (Wildman–Crippen LogP) is 9.81. The summed E-state index contributed by atoms with van der Waals surface area (Å²) in [6.07, 6.45) is 7.47. The molecule has 2 aromatic rings. The highest BCUT2D eigenvalue weighted by Gasteiger charge is 2.52. The van der Waals surface area contributed by atoms with E-state index in [0.29, 0.717) is 35.6 Å². The van der Waals surface area contributed by atoms with Gasteiger partial charge < -0.3 is 14.4 Å². The van der Waals surface area contributed by atoms with Gasteiger partial charge in [0, 0.05) is 5.56 Å². The maximum absolute atomic E-state index is 14.8. The van der Waals surface area contributed by atoms with E-state index in [1.54, 1.807) is 0 Å². The molecule has 0 N–H and O–H groups in total. The lowest BCUT2D eigenvalue weighted by Gasteiger charge is -2.46. The molecule has 1 aliphatic heterocycles. The molecule has 0 radical (unpaired) electrons. The summed E-state index contributed by atoms with van der Waals surface area (Å²) >= 11 is 0. The first-order chi connectivity index (χ1) is 21.7. The van der Waals surface area contributed by atoms with E-state index in [1.807, 2.05) is 62.4 Å². The Kier molecular flexibility index (Phi) is 11.8. The van der Waals surface area contributed by atoms with Gasteiger partial charge >= 0.3 is 5.97 Å². The zero-order valence-corrected chi connectivity index (χ0v) is 29.9. The van der Waals surface area contributed by atoms with Crippen LogP contribution in [0, 0.1) is 23.2 Å². The first kappa shape index (κ1) is 35.7. The molecule has 1 amide bonds. The second kappa shape index (κ2) is 15.2. The largest absolute Gasteiger partial charge is 0.494 e. The second-order valence-electron chi connectivity index (χ2n) is 15.8. The summed E-state index contributed by atoms with van der Waals surface area (Å²) in [5.41, 5.74) is 2.41. The molecular formula is C40H58N2O4. The third-order valence-corrected chi connectivity index (χ3v) is 9.62. The summed E-state index contributed by atoms with van der Waals surface area (Å²) in [5.74, 6) is 2.31. The Balaban J connectivity index is 1.71. The Hall–Kier alpha value is -3.15. The minimum atomic E-state index is -0.594. The molecule has 0 unspecified atom stereocenters. The summed E-state index contributed by atoms with van der Waals surface area (Å²) in [7, 11) is 0. The van der Waals surface area contributed by atoms with Crippen molar-refractivity contribution in [2.45, 2.75) is 131 Å². The molecule has 1 atom stereocenters. The molecule has 2 aromatic carbocycles. The summed E-state index contributed by atoms with van der Waals surface area (Å²) in [5, 5.41) is 0. The molecule has 6 nitrogen and oxygen atoms in total. The molecule has 1 heterocycles. The van der Waals surface area contributed by atoms with Crippen LogP contribution in [0.1, 0.15) is 141 Å². The van der Waals surface area contributed by atoms with Crippen molar-refractivity contribution >= 4 is 17.6 Å². The molecule has 6 heteroatoms. The van der Waals surface area contributed by atoms with Gasteiger partial charge in [-0.3, -0.25) is 9.79 Å². The molecule has 1 saturated carbocycles. The van der Waals surface area contributed by atoms with Crippen molar-refractivity contribution in [2.24, 2.45) is 28.2 Å². The Morgan fingerprint density at radius 1 is 0.978 bits per heavy atom. The predicted molar refractivity (Wildman–Crippen MR) is 187 cm³/mol. The number of amides is 1. The number of benzene rings is 2. The van der Waals surface area contributed by atoms with Crippen molar-refractivity contribution in [2.75, 3.05) is 6.61 Å². The number of aliphatic imine (C=N–C) groups is 1. The molecule has 4 rings (SSSR count). The average molecular weight is 631 g/mol. The van der Waals surface area contributed by atoms with Crippen molar-refractivity contribution in [3.05, 3.63) is 65.2 Å². The number of esters is 1. The highest BCUT2D eigenvalue weighted by atomic mass is 16.5. The summed E-state index contributed by atoms with van der Waals surface area (Å²) in [6.45, 7) is 20.2. The number of ether oxygens (including phenoxy) is 2. The maximum atomic E-state index is 14.8. The van der Waals surface area contributed by atoms with Crippen LogP contribution >= 0.6 is 0 Å². The second-order valence-corrected chi connectivity index (χ2v) is 15.8. The molecule has 0 saturated heterocycles. The molecule has 2 aliphatic rings. The van der Waals surface area contributed by atoms with Crippen LogP contribution < -0.4 is 4.74 Å². The molecule has 252 valence electrons. The Morgan fingerprint density at radius 3 is 2.24 bits per heavy atom. The van der Waals surface area contributed by atoms with Crippen LogP contribution in [0.25, 0.3) is 0 Å². The van der Waals surface area contributed by atoms with Gasteiger partial charge in [0.1, 0.15) is 17.1 Å². The fourth-order valence-electron chi connectivity index (χ4n) is 6.91. The lowest BCUT2D eigenvalue weighted by atomic mass is 9.75. The van der Waals surface area contributed by atoms with E-state index in [1.165, 1.54) is 0 Å². The van der Waals surface area contributed by atoms with E-state index < -0.39 is 5.66 Å². The monoisotopic (exact) mass is 630 g/mol. The van der Waals surface area contributed by atoms with Crippen molar-refractivity contribution in [3.63, 3.8) is 0 Å². The number of hydrogen-bond acceptors (Lipinski definition) is 5. The van der Waals surface area contributed by atoms with Crippen molar-refractivity contribution in [1.82, 2.24) is 4.90 Å². The quantitative estimate of drug-likeness (QED) is 0.163. The van der Waals surface area contributed by atoms with Gasteiger partial charge in [-0.2, -0.15) is 0 Å². The number of carbonyl (C=O) groups is 2. The third-order valence-electron chi connectivity index (χ3n) is 9.62. The summed E-state index contributed by atoms with van der Waals surface area (Å²) in [6, 6.07) is 15.5. The van der Waals surface area contributed by atoms with Crippen molar-refractivity contribution in [1.29, 1.82) is 0 Å². The van der Waals surface area contributed by atoms with Crippen LogP contribution in [0.4, 0.5) is 0 Å². The summed E-state index contributed by atoms with van der Waals surface area (Å²) < 4.78 is 11.6. The molecule has 46 heavy (non-hydrogen) atoms. The van der Waals surface area contributed by atoms with Gasteiger partial charge in [0.2, 0.25) is 0 Å². The summed E-state index contributed by atoms with van der Waals surface area (Å²) in [4.78, 5) is 34.9. The number of hydrogen-bond donors (Lipinski definition) is 0. The third kappa shape index (κ3) is 9.01. The standard InChI is InChI=1S/C40H58N2O4/c1-27(2)12-11-25-45-34-14-10-13-33(26-34)36-37(43)42(40(41-36)23-19-30(20-24-40)28(3)4)35(21-22-39(7,8)9)31-15-17-32(18-16-31)38(44)46-29(5)6/h10,13-18,26-30,35H,11-12,19-25H2,1-9H3/t30?,35-,40?/m1/s1. The van der Waals surface area contributed by atoms with Gasteiger partial charge in [-0.1, -0.05) is 72.7 Å². The topological polar surface area (TPSA) is 68.2 Å². The SMILES string of the molecule is CC(C)CCCOc1cccc(C2=NC3(CCC(C(C)C)CC3)N([C@H](CCC(C)(C)C)c3ccc(C(=O)OC(C)C)cc3)C2=O)c1. The van der Waals surface area contributed by atoms with E-state index in [2.05, 4.69) is 53.4 Å². The molecule has 1 fully saturated rings. The fraction of sp³-hybridized carbons (Fsp3) is 0.625. The van der Waals surface area contributed by atoms with Crippen LogP contribution in [-0.2, 0) is 9.53 Å². The van der Waals surface area contributed by atoms with Crippen LogP contribution in [-0.4, -0.2) is 40.9 Å². The van der Waals surface area contributed by atoms with Gasteiger partial charge in [0.15, 0.2) is 0 Å². The number of nitrogens with zero attached hydrogens (tertiary/aromatic N) is 2. The van der Waals surface area contributed by atoms with Crippen LogP contribution in [0.2, 0.25) is 0 Å². The van der Waals surface area contributed by atoms with Crippen LogP contribution in [0.15, 0.2) is 53.5 Å². The minimum absolute atomic E-state index is 0.0119. The molecule has 0 aromatic heterocycles. The Bertz CT molecular complexity index is 1340. The van der Waals surface area contributed by atoms with Gasteiger partial charge in [-0.05, 0) is 118 Å². The zero-order valence-electron chi connectivity index (χ0n) is 29.9. The van der Waals surface area contributed by atoms with Crippen molar-refractivity contribution < 1.29 is 19.1 Å². The normalized spacial score (nSPS) is 21.0. The smallest absolute Gasteiger partial charge is 0.338 e. The van der Waals surface area contributed by atoms with Crippen LogP contribution in [0.3, 0.4) is 0 Å². The van der Waals surface area contributed by atoms with E-state index in [4.69, 9.17) is 14.5 Å². The van der Waals surface area contributed by atoms with Gasteiger partial charge in [-0.15, -0.1) is 0 Å². The first-order valence-electron chi connectivity index (χ1n) is 17.7. The first-order valence-corrected chi connectivity index (χ1v) is 17.7. The lowest BCUT2D eigenvalue weighted by Crippen LogP contribution is -2.51. The molecule has 1 spiro atoms. The molecule has 0 bridgehead atoms.